The van der Waals surface area contributed by atoms with Gasteiger partial charge in [-0.1, -0.05) is 24.3 Å². The van der Waals surface area contributed by atoms with Gasteiger partial charge in [-0.3, -0.25) is 4.79 Å². The molecule has 0 bridgehead atoms. The molecule has 0 aliphatic rings. The van der Waals surface area contributed by atoms with Gasteiger partial charge < -0.3 is 0 Å². The van der Waals surface area contributed by atoms with Crippen molar-refractivity contribution in [2.75, 3.05) is 0 Å². The number of rotatable bonds is 5. The average molecular weight is 321 g/mol. The summed E-state index contributed by atoms with van der Waals surface area (Å²) in [5.41, 5.74) is 1.11. The molecule has 22 heavy (non-hydrogen) atoms. The molecule has 0 fully saturated rings. The summed E-state index contributed by atoms with van der Waals surface area (Å²) in [6.45, 7) is 3.09. The second-order valence-corrected chi connectivity index (χ2v) is 6.69. The molecular weight excluding hydrogens is 305 g/mol. The molecule has 0 saturated carbocycles. The first-order valence-electron chi connectivity index (χ1n) is 6.68. The largest absolute Gasteiger partial charge is 0.295 e. The SMILES string of the molecule is CC(=O)c1ccc(S(=O)(=O)N[C@@H](C)c2ccc(F)cc2)cc1. The zero-order valence-corrected chi connectivity index (χ0v) is 13.0. The molecule has 2 rings (SSSR count). The minimum absolute atomic E-state index is 0.0754. The second kappa shape index (κ2) is 6.37. The van der Waals surface area contributed by atoms with Gasteiger partial charge in [0.05, 0.1) is 4.90 Å². The lowest BCUT2D eigenvalue weighted by molar-refractivity contribution is 0.101. The number of sulfonamides is 1. The van der Waals surface area contributed by atoms with Crippen LogP contribution in [0.1, 0.15) is 35.8 Å². The third-order valence-electron chi connectivity index (χ3n) is 3.27. The van der Waals surface area contributed by atoms with Crippen LogP contribution in [-0.2, 0) is 10.0 Å². The van der Waals surface area contributed by atoms with E-state index in [1.54, 1.807) is 6.92 Å². The van der Waals surface area contributed by atoms with Crippen LogP contribution < -0.4 is 4.72 Å². The summed E-state index contributed by atoms with van der Waals surface area (Å²) >= 11 is 0. The van der Waals surface area contributed by atoms with E-state index in [4.69, 9.17) is 0 Å². The summed E-state index contributed by atoms with van der Waals surface area (Å²) in [4.78, 5) is 11.3. The maximum atomic E-state index is 12.9. The lowest BCUT2D eigenvalue weighted by Crippen LogP contribution is -2.26. The van der Waals surface area contributed by atoms with Gasteiger partial charge in [-0.25, -0.2) is 17.5 Å². The smallest absolute Gasteiger partial charge is 0.241 e. The highest BCUT2D eigenvalue weighted by molar-refractivity contribution is 7.89. The molecule has 4 nitrogen and oxygen atoms in total. The highest BCUT2D eigenvalue weighted by Gasteiger charge is 2.18. The van der Waals surface area contributed by atoms with Gasteiger partial charge in [0.25, 0.3) is 0 Å². The van der Waals surface area contributed by atoms with Crippen LogP contribution in [0.4, 0.5) is 4.39 Å². The Kier molecular flexibility index (Phi) is 4.73. The predicted octanol–water partition coefficient (Wildman–Crippen LogP) is 3.07. The van der Waals surface area contributed by atoms with Crippen LogP contribution in [0, 0.1) is 5.82 Å². The molecule has 0 aromatic heterocycles. The summed E-state index contributed by atoms with van der Waals surface area (Å²) in [6.07, 6.45) is 0. The van der Waals surface area contributed by atoms with Gasteiger partial charge in [0, 0.05) is 11.6 Å². The Bertz CT molecular complexity index is 768. The number of halogens is 1. The van der Waals surface area contributed by atoms with Gasteiger partial charge in [0.15, 0.2) is 5.78 Å². The summed E-state index contributed by atoms with van der Waals surface area (Å²) in [6, 6.07) is 10.8. The van der Waals surface area contributed by atoms with Crippen molar-refractivity contribution in [3.63, 3.8) is 0 Å². The Balaban J connectivity index is 2.19. The number of benzene rings is 2. The maximum Gasteiger partial charge on any atom is 0.241 e. The number of hydrogen-bond donors (Lipinski definition) is 1. The van der Waals surface area contributed by atoms with Gasteiger partial charge >= 0.3 is 0 Å². The molecule has 2 aromatic carbocycles. The quantitative estimate of drug-likeness (QED) is 0.861. The normalized spacial score (nSPS) is 12.9. The van der Waals surface area contributed by atoms with Crippen molar-refractivity contribution in [3.8, 4) is 0 Å². The van der Waals surface area contributed by atoms with Crippen molar-refractivity contribution in [2.24, 2.45) is 0 Å². The van der Waals surface area contributed by atoms with Crippen LogP contribution in [0.2, 0.25) is 0 Å². The third-order valence-corrected chi connectivity index (χ3v) is 4.83. The Morgan fingerprint density at radius 3 is 2.09 bits per heavy atom. The molecule has 0 aliphatic heterocycles. The van der Waals surface area contributed by atoms with Gasteiger partial charge in [-0.2, -0.15) is 0 Å². The topological polar surface area (TPSA) is 63.2 Å². The summed E-state index contributed by atoms with van der Waals surface area (Å²) in [5.74, 6) is -0.504. The van der Waals surface area contributed by atoms with E-state index < -0.39 is 16.1 Å². The summed E-state index contributed by atoms with van der Waals surface area (Å²) < 4.78 is 40.0. The molecule has 0 heterocycles. The van der Waals surface area contributed by atoms with Crippen LogP contribution in [0.25, 0.3) is 0 Å². The van der Waals surface area contributed by atoms with Crippen molar-refractivity contribution in [1.29, 1.82) is 0 Å². The zero-order chi connectivity index (χ0) is 16.3. The molecule has 1 atom stereocenters. The first kappa shape index (κ1) is 16.3. The highest BCUT2D eigenvalue weighted by Crippen LogP contribution is 2.18. The van der Waals surface area contributed by atoms with Crippen molar-refractivity contribution in [2.45, 2.75) is 24.8 Å². The molecule has 6 heteroatoms. The van der Waals surface area contributed by atoms with Gasteiger partial charge in [0.2, 0.25) is 10.0 Å². The lowest BCUT2D eigenvalue weighted by atomic mass is 10.1. The molecular formula is C16H16FNO3S. The van der Waals surface area contributed by atoms with E-state index in [0.29, 0.717) is 11.1 Å². The first-order chi connectivity index (χ1) is 10.3. The predicted molar refractivity (Wildman–Crippen MR) is 81.6 cm³/mol. The van der Waals surface area contributed by atoms with Crippen LogP contribution in [-0.4, -0.2) is 14.2 Å². The fourth-order valence-electron chi connectivity index (χ4n) is 1.99. The fourth-order valence-corrected chi connectivity index (χ4v) is 3.22. The monoisotopic (exact) mass is 321 g/mol. The fraction of sp³-hybridized carbons (Fsp3) is 0.188. The summed E-state index contributed by atoms with van der Waals surface area (Å²) in [5, 5.41) is 0. The minimum atomic E-state index is -3.72. The van der Waals surface area contributed by atoms with E-state index in [9.17, 15) is 17.6 Å². The number of Topliss-reactive ketones (excluding diaryl/α,β-unsaturated/α-hetero) is 1. The molecule has 116 valence electrons. The highest BCUT2D eigenvalue weighted by atomic mass is 32.2. The van der Waals surface area contributed by atoms with Crippen molar-refractivity contribution in [1.82, 2.24) is 4.72 Å². The average Bonchev–Trinajstić information content (AvgIpc) is 2.47. The van der Waals surface area contributed by atoms with Crippen LogP contribution in [0.3, 0.4) is 0 Å². The molecule has 0 saturated heterocycles. The van der Waals surface area contributed by atoms with Crippen molar-refractivity contribution >= 4 is 15.8 Å². The Labute approximate surface area is 129 Å². The minimum Gasteiger partial charge on any atom is -0.295 e. The molecule has 0 radical (unpaired) electrons. The maximum absolute atomic E-state index is 12.9. The standard InChI is InChI=1S/C16H16FNO3S/c1-11(13-3-7-15(17)8-4-13)18-22(20,21)16-9-5-14(6-10-16)12(2)19/h3-11,18H,1-2H3/t11-/m0/s1. The van der Waals surface area contributed by atoms with Crippen molar-refractivity contribution in [3.05, 3.63) is 65.5 Å². The van der Waals surface area contributed by atoms with Crippen LogP contribution >= 0.6 is 0 Å². The number of ketones is 1. The number of carbonyl (C=O) groups excluding carboxylic acids is 1. The molecule has 2 aromatic rings. The van der Waals surface area contributed by atoms with Crippen LogP contribution in [0.15, 0.2) is 53.4 Å². The molecule has 0 unspecified atom stereocenters. The Morgan fingerprint density at radius 2 is 1.59 bits per heavy atom. The molecule has 0 spiro atoms. The van der Waals surface area contributed by atoms with E-state index >= 15 is 0 Å². The molecule has 0 amide bonds. The van der Waals surface area contributed by atoms with E-state index in [1.807, 2.05) is 0 Å². The number of hydrogen-bond acceptors (Lipinski definition) is 3. The van der Waals surface area contributed by atoms with Crippen LogP contribution in [0.5, 0.6) is 0 Å². The first-order valence-corrected chi connectivity index (χ1v) is 8.17. The number of carbonyl (C=O) groups is 1. The van der Waals surface area contributed by atoms with Gasteiger partial charge in [0.1, 0.15) is 5.82 Å². The zero-order valence-electron chi connectivity index (χ0n) is 12.2. The van der Waals surface area contributed by atoms with Crippen molar-refractivity contribution < 1.29 is 17.6 Å². The second-order valence-electron chi connectivity index (χ2n) is 4.98. The Hall–Kier alpha value is -2.05. The van der Waals surface area contributed by atoms with Gasteiger partial charge in [-0.15, -0.1) is 0 Å². The third kappa shape index (κ3) is 3.78. The van der Waals surface area contributed by atoms with E-state index in [-0.39, 0.29) is 16.5 Å². The van der Waals surface area contributed by atoms with E-state index in [1.165, 1.54) is 55.5 Å². The Morgan fingerprint density at radius 1 is 1.05 bits per heavy atom. The number of nitrogens with one attached hydrogen (secondary N) is 1. The lowest BCUT2D eigenvalue weighted by Gasteiger charge is -2.15. The molecule has 1 N–H and O–H groups in total. The van der Waals surface area contributed by atoms with E-state index in [2.05, 4.69) is 4.72 Å². The molecule has 0 aliphatic carbocycles. The summed E-state index contributed by atoms with van der Waals surface area (Å²) in [7, 11) is -3.72. The van der Waals surface area contributed by atoms with E-state index in [0.717, 1.165) is 0 Å². The van der Waals surface area contributed by atoms with Gasteiger partial charge in [-0.05, 0) is 43.7 Å².